The fourth-order valence-corrected chi connectivity index (χ4v) is 3.38. The second-order valence-corrected chi connectivity index (χ2v) is 5.97. The molecule has 0 saturated heterocycles. The molecule has 134 valence electrons. The number of rotatable bonds is 7. The Bertz CT molecular complexity index is 714. The first-order valence-corrected chi connectivity index (χ1v) is 9.15. The van der Waals surface area contributed by atoms with E-state index in [-0.39, 0.29) is 6.04 Å². The van der Waals surface area contributed by atoms with Crippen molar-refractivity contribution in [3.8, 4) is 17.2 Å². The van der Waals surface area contributed by atoms with Gasteiger partial charge in [0.2, 0.25) is 0 Å². The summed E-state index contributed by atoms with van der Waals surface area (Å²) in [7, 11) is 0. The van der Waals surface area contributed by atoms with Gasteiger partial charge in [0.05, 0.1) is 25.9 Å². The average molecular weight is 341 g/mol. The van der Waals surface area contributed by atoms with Gasteiger partial charge in [-0.3, -0.25) is 0 Å². The molecule has 3 rings (SSSR count). The highest BCUT2D eigenvalue weighted by Gasteiger charge is 2.26. The van der Waals surface area contributed by atoms with Gasteiger partial charge in [-0.25, -0.2) is 0 Å². The van der Waals surface area contributed by atoms with Gasteiger partial charge in [0, 0.05) is 12.1 Å². The fraction of sp³-hybridized carbons (Fsp3) is 0.429. The van der Waals surface area contributed by atoms with Crippen LogP contribution in [0, 0.1) is 0 Å². The minimum atomic E-state index is 0.0985. The van der Waals surface area contributed by atoms with Gasteiger partial charge in [-0.1, -0.05) is 18.2 Å². The molecule has 0 saturated carbocycles. The van der Waals surface area contributed by atoms with E-state index in [9.17, 15) is 0 Å². The van der Waals surface area contributed by atoms with E-state index in [1.165, 1.54) is 11.1 Å². The van der Waals surface area contributed by atoms with Gasteiger partial charge in [-0.15, -0.1) is 0 Å². The van der Waals surface area contributed by atoms with E-state index in [0.29, 0.717) is 19.8 Å². The molecule has 0 aromatic heterocycles. The summed E-state index contributed by atoms with van der Waals surface area (Å²) < 4.78 is 17.5. The van der Waals surface area contributed by atoms with Gasteiger partial charge in [-0.2, -0.15) is 0 Å². The predicted octanol–water partition coefficient (Wildman–Crippen LogP) is 4.12. The minimum absolute atomic E-state index is 0.0985. The summed E-state index contributed by atoms with van der Waals surface area (Å²) in [6, 6.07) is 12.6. The summed E-state index contributed by atoms with van der Waals surface area (Å²) in [5, 5.41) is 3.63. The van der Waals surface area contributed by atoms with Crippen molar-refractivity contribution < 1.29 is 14.2 Å². The lowest BCUT2D eigenvalue weighted by Crippen LogP contribution is -2.31. The molecular weight excluding hydrogens is 314 g/mol. The Hall–Kier alpha value is -2.20. The summed E-state index contributed by atoms with van der Waals surface area (Å²) in [6.45, 7) is 8.84. The lowest BCUT2D eigenvalue weighted by molar-refractivity contribution is 0.286. The number of ether oxygens (including phenoxy) is 3. The first-order chi connectivity index (χ1) is 12.3. The van der Waals surface area contributed by atoms with E-state index >= 15 is 0 Å². The monoisotopic (exact) mass is 341 g/mol. The molecule has 0 unspecified atom stereocenters. The normalized spacial score (nSPS) is 16.2. The van der Waals surface area contributed by atoms with Gasteiger partial charge in [0.25, 0.3) is 0 Å². The standard InChI is InChI=1S/C21H27NO3/c1-4-23-18-10-8-7-9-16(18)21-17-14-20(25-6-3)19(24-5-2)13-15(17)11-12-22-21/h7-10,13-14,21-22H,4-6,11-12H2,1-3H3/t21-/m1/s1. The van der Waals surface area contributed by atoms with Crippen molar-refractivity contribution in [2.24, 2.45) is 0 Å². The summed E-state index contributed by atoms with van der Waals surface area (Å²) in [5.41, 5.74) is 3.71. The Balaban J connectivity index is 2.05. The third kappa shape index (κ3) is 3.74. The Morgan fingerprint density at radius 2 is 1.48 bits per heavy atom. The van der Waals surface area contributed by atoms with Crippen molar-refractivity contribution in [3.63, 3.8) is 0 Å². The van der Waals surface area contributed by atoms with E-state index in [1.54, 1.807) is 0 Å². The molecular formula is C21H27NO3. The van der Waals surface area contributed by atoms with Gasteiger partial charge >= 0.3 is 0 Å². The molecule has 0 fully saturated rings. The third-order valence-corrected chi connectivity index (χ3v) is 4.39. The third-order valence-electron chi connectivity index (χ3n) is 4.39. The molecule has 4 heteroatoms. The van der Waals surface area contributed by atoms with Crippen LogP contribution >= 0.6 is 0 Å². The summed E-state index contributed by atoms with van der Waals surface area (Å²) in [4.78, 5) is 0. The van der Waals surface area contributed by atoms with Crippen LogP contribution in [0.1, 0.15) is 43.5 Å². The van der Waals surface area contributed by atoms with Gasteiger partial charge in [0.1, 0.15) is 5.75 Å². The van der Waals surface area contributed by atoms with Crippen LogP contribution in [0.5, 0.6) is 17.2 Å². The number of nitrogens with one attached hydrogen (secondary N) is 1. The molecule has 0 bridgehead atoms. The second-order valence-electron chi connectivity index (χ2n) is 5.97. The number of fused-ring (bicyclic) bond motifs is 1. The topological polar surface area (TPSA) is 39.7 Å². The number of hydrogen-bond donors (Lipinski definition) is 1. The van der Waals surface area contributed by atoms with Crippen LogP contribution in [-0.4, -0.2) is 26.4 Å². The maximum atomic E-state index is 5.85. The summed E-state index contributed by atoms with van der Waals surface area (Å²) >= 11 is 0. The van der Waals surface area contributed by atoms with Crippen LogP contribution in [0.3, 0.4) is 0 Å². The molecule has 1 heterocycles. The van der Waals surface area contributed by atoms with E-state index in [1.807, 2.05) is 32.9 Å². The van der Waals surface area contributed by atoms with Crippen LogP contribution in [0.15, 0.2) is 36.4 Å². The van der Waals surface area contributed by atoms with Crippen molar-refractivity contribution in [1.82, 2.24) is 5.32 Å². The van der Waals surface area contributed by atoms with Crippen molar-refractivity contribution in [2.75, 3.05) is 26.4 Å². The predicted molar refractivity (Wildman–Crippen MR) is 99.9 cm³/mol. The molecule has 2 aromatic carbocycles. The summed E-state index contributed by atoms with van der Waals surface area (Å²) in [6.07, 6.45) is 0.981. The highest BCUT2D eigenvalue weighted by Crippen LogP contribution is 2.39. The van der Waals surface area contributed by atoms with Gasteiger partial charge in [-0.05, 0) is 56.5 Å². The fourth-order valence-electron chi connectivity index (χ4n) is 3.38. The molecule has 0 spiro atoms. The molecule has 25 heavy (non-hydrogen) atoms. The van der Waals surface area contributed by atoms with Crippen molar-refractivity contribution in [1.29, 1.82) is 0 Å². The highest BCUT2D eigenvalue weighted by molar-refractivity contribution is 5.53. The van der Waals surface area contributed by atoms with Crippen LogP contribution in [-0.2, 0) is 6.42 Å². The number of para-hydroxylation sites is 1. The highest BCUT2D eigenvalue weighted by atomic mass is 16.5. The zero-order valence-corrected chi connectivity index (χ0v) is 15.3. The maximum absolute atomic E-state index is 5.85. The smallest absolute Gasteiger partial charge is 0.161 e. The van der Waals surface area contributed by atoms with Gasteiger partial charge < -0.3 is 19.5 Å². The van der Waals surface area contributed by atoms with Gasteiger partial charge in [0.15, 0.2) is 11.5 Å². The number of hydrogen-bond acceptors (Lipinski definition) is 4. The second kappa shape index (κ2) is 8.26. The SMILES string of the molecule is CCOc1cc2c(cc1OCC)[C@@H](c1ccccc1OCC)NCC2. The molecule has 2 aromatic rings. The molecule has 0 amide bonds. The molecule has 1 N–H and O–H groups in total. The van der Waals surface area contributed by atoms with E-state index in [2.05, 4.69) is 29.6 Å². The Kier molecular flexibility index (Phi) is 5.82. The van der Waals surface area contributed by atoms with Crippen molar-refractivity contribution >= 4 is 0 Å². The molecule has 4 nitrogen and oxygen atoms in total. The van der Waals surface area contributed by atoms with Crippen molar-refractivity contribution in [2.45, 2.75) is 33.2 Å². The van der Waals surface area contributed by atoms with E-state index < -0.39 is 0 Å². The minimum Gasteiger partial charge on any atom is -0.494 e. The molecule has 0 aliphatic carbocycles. The van der Waals surface area contributed by atoms with Crippen LogP contribution in [0.4, 0.5) is 0 Å². The van der Waals surface area contributed by atoms with E-state index in [4.69, 9.17) is 14.2 Å². The molecule has 0 radical (unpaired) electrons. The Morgan fingerprint density at radius 1 is 0.840 bits per heavy atom. The molecule has 1 atom stereocenters. The molecule has 1 aliphatic rings. The van der Waals surface area contributed by atoms with Crippen molar-refractivity contribution in [3.05, 3.63) is 53.1 Å². The summed E-state index contributed by atoms with van der Waals surface area (Å²) in [5.74, 6) is 2.58. The quantitative estimate of drug-likeness (QED) is 0.822. The Labute approximate surface area is 150 Å². The largest absolute Gasteiger partial charge is 0.494 e. The lowest BCUT2D eigenvalue weighted by Gasteiger charge is -2.29. The van der Waals surface area contributed by atoms with Crippen LogP contribution < -0.4 is 19.5 Å². The number of benzene rings is 2. The maximum Gasteiger partial charge on any atom is 0.161 e. The average Bonchev–Trinajstić information content (AvgIpc) is 2.63. The Morgan fingerprint density at radius 3 is 2.20 bits per heavy atom. The van der Waals surface area contributed by atoms with Crippen LogP contribution in [0.2, 0.25) is 0 Å². The lowest BCUT2D eigenvalue weighted by atomic mass is 9.89. The van der Waals surface area contributed by atoms with E-state index in [0.717, 1.165) is 35.8 Å². The zero-order valence-electron chi connectivity index (χ0n) is 15.3. The molecule has 1 aliphatic heterocycles. The van der Waals surface area contributed by atoms with Crippen LogP contribution in [0.25, 0.3) is 0 Å². The zero-order chi connectivity index (χ0) is 17.6. The first kappa shape index (κ1) is 17.6. The first-order valence-electron chi connectivity index (χ1n) is 9.15.